The maximum Gasteiger partial charge on any atom is 0.335 e. The molecule has 18 heavy (non-hydrogen) atoms. The number of hydrogen-bond donors (Lipinski definition) is 1. The summed E-state index contributed by atoms with van der Waals surface area (Å²) in [6.45, 7) is 0.777. The molecule has 1 unspecified atom stereocenters. The topological polar surface area (TPSA) is 63.8 Å². The number of fused-ring (bicyclic) bond motifs is 1. The standard InChI is InChI=1S/C13H14N2O3/c16-13(17)9-4-5-15-8-10(14-12(15)7-9)11-3-1-2-6-18-11/h4-5,7-8,11H,1-3,6H2,(H,16,17). The molecule has 0 amide bonds. The van der Waals surface area contributed by atoms with Gasteiger partial charge in [-0.15, -0.1) is 0 Å². The molecule has 1 aliphatic heterocycles. The zero-order chi connectivity index (χ0) is 12.5. The number of aromatic nitrogens is 2. The molecule has 3 heterocycles. The van der Waals surface area contributed by atoms with E-state index < -0.39 is 5.97 Å². The smallest absolute Gasteiger partial charge is 0.335 e. The summed E-state index contributed by atoms with van der Waals surface area (Å²) in [7, 11) is 0. The molecule has 0 aliphatic carbocycles. The van der Waals surface area contributed by atoms with Gasteiger partial charge >= 0.3 is 5.97 Å². The Kier molecular flexibility index (Phi) is 2.76. The fourth-order valence-electron chi connectivity index (χ4n) is 2.26. The van der Waals surface area contributed by atoms with E-state index in [1.54, 1.807) is 18.3 Å². The van der Waals surface area contributed by atoms with Crippen molar-refractivity contribution < 1.29 is 14.6 Å². The monoisotopic (exact) mass is 246 g/mol. The van der Waals surface area contributed by atoms with Gasteiger partial charge in [0.25, 0.3) is 0 Å². The van der Waals surface area contributed by atoms with E-state index in [4.69, 9.17) is 9.84 Å². The highest BCUT2D eigenvalue weighted by atomic mass is 16.5. The first-order chi connectivity index (χ1) is 8.74. The molecule has 2 aromatic heterocycles. The minimum Gasteiger partial charge on any atom is -0.478 e. The number of carboxylic acid groups (broad SMARTS) is 1. The van der Waals surface area contributed by atoms with Crippen LogP contribution in [-0.2, 0) is 4.74 Å². The lowest BCUT2D eigenvalue weighted by molar-refractivity contribution is 0.0126. The van der Waals surface area contributed by atoms with Gasteiger partial charge in [0.2, 0.25) is 0 Å². The molecule has 1 fully saturated rings. The van der Waals surface area contributed by atoms with Crippen molar-refractivity contribution in [3.05, 3.63) is 35.8 Å². The Labute approximate surface area is 104 Å². The van der Waals surface area contributed by atoms with Crippen molar-refractivity contribution in [2.24, 2.45) is 0 Å². The number of carboxylic acids is 1. The van der Waals surface area contributed by atoms with E-state index in [1.165, 1.54) is 0 Å². The van der Waals surface area contributed by atoms with Crippen LogP contribution in [0.2, 0.25) is 0 Å². The van der Waals surface area contributed by atoms with Crippen molar-refractivity contribution in [2.75, 3.05) is 6.61 Å². The molecule has 5 nitrogen and oxygen atoms in total. The molecule has 1 atom stereocenters. The molecule has 0 spiro atoms. The van der Waals surface area contributed by atoms with Crippen molar-refractivity contribution in [1.82, 2.24) is 9.38 Å². The van der Waals surface area contributed by atoms with Gasteiger partial charge in [0.05, 0.1) is 11.3 Å². The largest absolute Gasteiger partial charge is 0.478 e. The zero-order valence-corrected chi connectivity index (χ0v) is 9.87. The minimum absolute atomic E-state index is 0.0481. The van der Waals surface area contributed by atoms with Crippen molar-refractivity contribution in [3.8, 4) is 0 Å². The van der Waals surface area contributed by atoms with Gasteiger partial charge in [0, 0.05) is 19.0 Å². The third-order valence-corrected chi connectivity index (χ3v) is 3.24. The van der Waals surface area contributed by atoms with Gasteiger partial charge in [-0.2, -0.15) is 0 Å². The molecule has 2 aromatic rings. The van der Waals surface area contributed by atoms with Gasteiger partial charge in [-0.25, -0.2) is 9.78 Å². The number of aromatic carboxylic acids is 1. The summed E-state index contributed by atoms with van der Waals surface area (Å²) < 4.78 is 7.51. The van der Waals surface area contributed by atoms with Crippen LogP contribution in [-0.4, -0.2) is 27.1 Å². The highest BCUT2D eigenvalue weighted by Gasteiger charge is 2.19. The molecule has 1 N–H and O–H groups in total. The lowest BCUT2D eigenvalue weighted by atomic mass is 10.1. The van der Waals surface area contributed by atoms with Gasteiger partial charge in [-0.1, -0.05) is 0 Å². The third-order valence-electron chi connectivity index (χ3n) is 3.24. The zero-order valence-electron chi connectivity index (χ0n) is 9.87. The second kappa shape index (κ2) is 4.42. The molecular weight excluding hydrogens is 232 g/mol. The summed E-state index contributed by atoms with van der Waals surface area (Å²) in [4.78, 5) is 15.3. The molecule has 5 heteroatoms. The maximum absolute atomic E-state index is 10.9. The Morgan fingerprint density at radius 2 is 2.39 bits per heavy atom. The van der Waals surface area contributed by atoms with Crippen LogP contribution in [0.4, 0.5) is 0 Å². The second-order valence-corrected chi connectivity index (χ2v) is 4.51. The van der Waals surface area contributed by atoms with Crippen LogP contribution in [0.3, 0.4) is 0 Å². The third kappa shape index (κ3) is 1.97. The van der Waals surface area contributed by atoms with Gasteiger partial charge in [-0.3, -0.25) is 0 Å². The normalized spacial score (nSPS) is 20.1. The Morgan fingerprint density at radius 3 is 3.11 bits per heavy atom. The van der Waals surface area contributed by atoms with E-state index in [-0.39, 0.29) is 11.7 Å². The average molecular weight is 246 g/mol. The lowest BCUT2D eigenvalue weighted by Gasteiger charge is -2.20. The van der Waals surface area contributed by atoms with Crippen LogP contribution in [0.25, 0.3) is 5.65 Å². The number of imidazole rings is 1. The Morgan fingerprint density at radius 1 is 1.50 bits per heavy atom. The van der Waals surface area contributed by atoms with Crippen molar-refractivity contribution >= 4 is 11.6 Å². The predicted molar refractivity (Wildman–Crippen MR) is 64.7 cm³/mol. The number of pyridine rings is 1. The van der Waals surface area contributed by atoms with E-state index in [0.717, 1.165) is 31.6 Å². The quantitative estimate of drug-likeness (QED) is 0.882. The summed E-state index contributed by atoms with van der Waals surface area (Å²) >= 11 is 0. The SMILES string of the molecule is O=C(O)c1ccn2cc(C3CCCCO3)nc2c1. The number of hydrogen-bond acceptors (Lipinski definition) is 3. The van der Waals surface area contributed by atoms with Crippen LogP contribution >= 0.6 is 0 Å². The van der Waals surface area contributed by atoms with Gasteiger partial charge in [-0.05, 0) is 31.4 Å². The van der Waals surface area contributed by atoms with Crippen LogP contribution in [0, 0.1) is 0 Å². The minimum atomic E-state index is -0.934. The molecule has 0 bridgehead atoms. The first-order valence-electron chi connectivity index (χ1n) is 6.07. The number of carbonyl (C=O) groups is 1. The number of rotatable bonds is 2. The highest BCUT2D eigenvalue weighted by Crippen LogP contribution is 2.27. The molecule has 0 saturated carbocycles. The van der Waals surface area contributed by atoms with Gasteiger partial charge in [0.1, 0.15) is 11.8 Å². The first kappa shape index (κ1) is 11.2. The van der Waals surface area contributed by atoms with Crippen molar-refractivity contribution in [3.63, 3.8) is 0 Å². The number of ether oxygens (including phenoxy) is 1. The fraction of sp³-hybridized carbons (Fsp3) is 0.385. The Hall–Kier alpha value is -1.88. The average Bonchev–Trinajstić information content (AvgIpc) is 2.82. The van der Waals surface area contributed by atoms with Crippen LogP contribution in [0.5, 0.6) is 0 Å². The maximum atomic E-state index is 10.9. The molecule has 1 saturated heterocycles. The van der Waals surface area contributed by atoms with E-state index in [0.29, 0.717) is 5.65 Å². The van der Waals surface area contributed by atoms with Crippen molar-refractivity contribution in [1.29, 1.82) is 0 Å². The molecule has 1 aliphatic rings. The summed E-state index contributed by atoms with van der Waals surface area (Å²) in [6.07, 6.45) is 6.92. The van der Waals surface area contributed by atoms with E-state index in [1.807, 2.05) is 10.6 Å². The predicted octanol–water partition coefficient (Wildman–Crippen LogP) is 2.27. The summed E-state index contributed by atoms with van der Waals surface area (Å²) in [6, 6.07) is 3.15. The Bertz CT molecular complexity index is 585. The van der Waals surface area contributed by atoms with Gasteiger partial charge in [0.15, 0.2) is 0 Å². The molecule has 0 radical (unpaired) electrons. The van der Waals surface area contributed by atoms with Crippen molar-refractivity contribution in [2.45, 2.75) is 25.4 Å². The fourth-order valence-corrected chi connectivity index (χ4v) is 2.26. The second-order valence-electron chi connectivity index (χ2n) is 4.51. The molecule has 3 rings (SSSR count). The van der Waals surface area contributed by atoms with E-state index in [9.17, 15) is 4.79 Å². The van der Waals surface area contributed by atoms with Crippen LogP contribution in [0.15, 0.2) is 24.5 Å². The molecule has 0 aromatic carbocycles. The van der Waals surface area contributed by atoms with Crippen LogP contribution < -0.4 is 0 Å². The van der Waals surface area contributed by atoms with Crippen LogP contribution in [0.1, 0.15) is 41.4 Å². The van der Waals surface area contributed by atoms with Gasteiger partial charge < -0.3 is 14.2 Å². The summed E-state index contributed by atoms with van der Waals surface area (Å²) in [5.74, 6) is -0.934. The lowest BCUT2D eigenvalue weighted by Crippen LogP contribution is -2.11. The molecule has 94 valence electrons. The Balaban J connectivity index is 1.97. The van der Waals surface area contributed by atoms with E-state index >= 15 is 0 Å². The first-order valence-corrected chi connectivity index (χ1v) is 6.07. The summed E-state index contributed by atoms with van der Waals surface area (Å²) in [5, 5.41) is 8.94. The van der Waals surface area contributed by atoms with E-state index in [2.05, 4.69) is 4.98 Å². The highest BCUT2D eigenvalue weighted by molar-refractivity contribution is 5.88. The molecular formula is C13H14N2O3. The summed E-state index contributed by atoms with van der Waals surface area (Å²) in [5.41, 5.74) is 1.79. The number of nitrogens with zero attached hydrogens (tertiary/aromatic N) is 2.